The molecule has 0 aromatic heterocycles. The van der Waals surface area contributed by atoms with Gasteiger partial charge in [-0.25, -0.2) is 0 Å². The molecular formula is C20H33BCl2N2O4. The van der Waals surface area contributed by atoms with E-state index in [1.165, 1.54) is 12.7 Å². The minimum Gasteiger partial charge on any atom is -0.402 e. The fourth-order valence-electron chi connectivity index (χ4n) is 3.05. The Bertz CT molecular complexity index is 642. The van der Waals surface area contributed by atoms with Crippen LogP contribution in [-0.4, -0.2) is 49.9 Å². The Kier molecular flexibility index (Phi) is 9.93. The van der Waals surface area contributed by atoms with Gasteiger partial charge in [0.05, 0.1) is 23.8 Å². The fourth-order valence-corrected chi connectivity index (χ4v) is 3.18. The fraction of sp³-hybridized carbons (Fsp3) is 0.650. The third-order valence-electron chi connectivity index (χ3n) is 5.50. The molecule has 1 aromatic carbocycles. The standard InChI is InChI=1S/C20H32BClN2O4.ClH/c1-19(2)20(3,4)28-21(27-19)17(24-18(25)16(23)13-26-5)8-6-7-14-9-11-15(22)12-10-14;/h9-12,16-17H,6-8,13,23H2,1-5H3,(H,24,25);1H/t16?,17-;/m0./s1. The molecule has 1 amide bonds. The maximum atomic E-state index is 12.5. The van der Waals surface area contributed by atoms with E-state index in [1.807, 2.05) is 52.0 Å². The lowest BCUT2D eigenvalue weighted by atomic mass is 9.75. The summed E-state index contributed by atoms with van der Waals surface area (Å²) in [5.41, 5.74) is 6.14. The molecule has 2 atom stereocenters. The number of carbonyl (C=O) groups excluding carboxylic acids is 1. The molecule has 29 heavy (non-hydrogen) atoms. The highest BCUT2D eigenvalue weighted by molar-refractivity contribution is 6.48. The minimum absolute atomic E-state index is 0. The molecule has 3 N–H and O–H groups in total. The highest BCUT2D eigenvalue weighted by Crippen LogP contribution is 2.38. The van der Waals surface area contributed by atoms with Gasteiger partial charge in [-0.3, -0.25) is 4.79 Å². The molecule has 6 nitrogen and oxygen atoms in total. The minimum atomic E-state index is -0.730. The van der Waals surface area contributed by atoms with Crippen LogP contribution in [0.4, 0.5) is 0 Å². The normalized spacial score (nSPS) is 19.3. The number of aryl methyl sites for hydroxylation is 1. The zero-order chi connectivity index (χ0) is 20.9. The predicted molar refractivity (Wildman–Crippen MR) is 120 cm³/mol. The number of hydrogen-bond donors (Lipinski definition) is 2. The number of hydrogen-bond acceptors (Lipinski definition) is 5. The van der Waals surface area contributed by atoms with E-state index in [2.05, 4.69) is 5.32 Å². The topological polar surface area (TPSA) is 82.8 Å². The number of benzene rings is 1. The molecule has 0 radical (unpaired) electrons. The second-order valence-corrected chi connectivity index (χ2v) is 8.76. The van der Waals surface area contributed by atoms with Crippen LogP contribution in [0.1, 0.15) is 46.1 Å². The van der Waals surface area contributed by atoms with E-state index in [9.17, 15) is 4.79 Å². The van der Waals surface area contributed by atoms with Crippen molar-refractivity contribution in [3.8, 4) is 0 Å². The molecule has 0 bridgehead atoms. The summed E-state index contributed by atoms with van der Waals surface area (Å²) in [6.45, 7) is 8.14. The van der Waals surface area contributed by atoms with Gasteiger partial charge in [0.1, 0.15) is 6.04 Å². The summed E-state index contributed by atoms with van der Waals surface area (Å²) in [5, 5.41) is 3.72. The third-order valence-corrected chi connectivity index (χ3v) is 5.76. The van der Waals surface area contributed by atoms with E-state index >= 15 is 0 Å². The molecule has 1 aromatic rings. The Morgan fingerprint density at radius 2 is 1.76 bits per heavy atom. The van der Waals surface area contributed by atoms with Crippen LogP contribution in [0.25, 0.3) is 0 Å². The maximum absolute atomic E-state index is 12.5. The Labute approximate surface area is 185 Å². The zero-order valence-electron chi connectivity index (χ0n) is 17.9. The Morgan fingerprint density at radius 1 is 1.21 bits per heavy atom. The third kappa shape index (κ3) is 7.12. The molecule has 1 aliphatic heterocycles. The van der Waals surface area contributed by atoms with Crippen molar-refractivity contribution >= 4 is 37.0 Å². The van der Waals surface area contributed by atoms with Crippen LogP contribution in [0.15, 0.2) is 24.3 Å². The van der Waals surface area contributed by atoms with Crippen molar-refractivity contribution in [3.05, 3.63) is 34.9 Å². The van der Waals surface area contributed by atoms with Gasteiger partial charge in [0.15, 0.2) is 0 Å². The van der Waals surface area contributed by atoms with Gasteiger partial charge in [0, 0.05) is 12.1 Å². The summed E-state index contributed by atoms with van der Waals surface area (Å²) in [6, 6.07) is 7.06. The van der Waals surface area contributed by atoms with Crippen LogP contribution in [0.2, 0.25) is 5.02 Å². The second kappa shape index (κ2) is 11.0. The molecule has 1 fully saturated rings. The molecule has 1 aliphatic rings. The van der Waals surface area contributed by atoms with Crippen molar-refractivity contribution in [2.24, 2.45) is 5.73 Å². The van der Waals surface area contributed by atoms with Crippen LogP contribution < -0.4 is 11.1 Å². The number of nitrogens with two attached hydrogens (primary N) is 1. The van der Waals surface area contributed by atoms with Crippen molar-refractivity contribution in [2.45, 2.75) is 70.1 Å². The van der Waals surface area contributed by atoms with E-state index in [4.69, 9.17) is 31.4 Å². The van der Waals surface area contributed by atoms with Crippen molar-refractivity contribution in [3.63, 3.8) is 0 Å². The highest BCUT2D eigenvalue weighted by atomic mass is 35.5. The van der Waals surface area contributed by atoms with Crippen LogP contribution in [0, 0.1) is 0 Å². The average Bonchev–Trinajstić information content (AvgIpc) is 2.83. The van der Waals surface area contributed by atoms with Gasteiger partial charge >= 0.3 is 7.12 Å². The van der Waals surface area contributed by atoms with E-state index in [0.29, 0.717) is 6.42 Å². The van der Waals surface area contributed by atoms with Gasteiger partial charge in [-0.1, -0.05) is 23.7 Å². The largest absolute Gasteiger partial charge is 0.481 e. The van der Waals surface area contributed by atoms with Crippen LogP contribution in [-0.2, 0) is 25.3 Å². The van der Waals surface area contributed by atoms with Gasteiger partial charge in [0.25, 0.3) is 0 Å². The summed E-state index contributed by atoms with van der Waals surface area (Å²) >= 11 is 5.95. The first-order chi connectivity index (χ1) is 13.1. The smallest absolute Gasteiger partial charge is 0.402 e. The number of ether oxygens (including phenoxy) is 1. The first-order valence-corrected chi connectivity index (χ1v) is 10.1. The lowest BCUT2D eigenvalue weighted by Gasteiger charge is -2.32. The first-order valence-electron chi connectivity index (χ1n) is 9.71. The highest BCUT2D eigenvalue weighted by Gasteiger charge is 2.54. The Balaban J connectivity index is 0.00000420. The van der Waals surface area contributed by atoms with Gasteiger partial charge in [-0.05, 0) is 64.7 Å². The molecular weight excluding hydrogens is 414 g/mol. The van der Waals surface area contributed by atoms with Crippen LogP contribution in [0.3, 0.4) is 0 Å². The SMILES string of the molecule is COCC(N)C(=O)N[C@@H](CCCc1ccc(Cl)cc1)B1OC(C)(C)C(C)(C)O1.Cl. The van der Waals surface area contributed by atoms with Crippen LogP contribution >= 0.6 is 24.0 Å². The second-order valence-electron chi connectivity index (χ2n) is 8.32. The van der Waals surface area contributed by atoms with E-state index < -0.39 is 24.4 Å². The monoisotopic (exact) mass is 446 g/mol. The Hall–Kier alpha value is -0.825. The lowest BCUT2D eigenvalue weighted by Crippen LogP contribution is -2.53. The number of nitrogens with one attached hydrogen (secondary N) is 1. The zero-order valence-corrected chi connectivity index (χ0v) is 19.4. The van der Waals surface area contributed by atoms with E-state index in [1.54, 1.807) is 0 Å². The molecule has 1 saturated heterocycles. The van der Waals surface area contributed by atoms with Crippen molar-refractivity contribution in [1.29, 1.82) is 0 Å². The Morgan fingerprint density at radius 3 is 2.28 bits per heavy atom. The average molecular weight is 447 g/mol. The predicted octanol–water partition coefficient (Wildman–Crippen LogP) is 3.17. The quantitative estimate of drug-likeness (QED) is 0.569. The number of carbonyl (C=O) groups is 1. The summed E-state index contributed by atoms with van der Waals surface area (Å²) in [7, 11) is 0.985. The summed E-state index contributed by atoms with van der Waals surface area (Å²) in [5.74, 6) is -0.572. The van der Waals surface area contributed by atoms with Gasteiger partial charge < -0.3 is 25.1 Å². The number of methoxy groups -OCH3 is 1. The maximum Gasteiger partial charge on any atom is 0.481 e. The van der Waals surface area contributed by atoms with Crippen molar-refractivity contribution in [1.82, 2.24) is 5.32 Å². The summed E-state index contributed by atoms with van der Waals surface area (Å²) < 4.78 is 17.3. The lowest BCUT2D eigenvalue weighted by molar-refractivity contribution is -0.123. The molecule has 0 aliphatic carbocycles. The van der Waals surface area contributed by atoms with Gasteiger partial charge in [-0.2, -0.15) is 0 Å². The van der Waals surface area contributed by atoms with Gasteiger partial charge in [-0.15, -0.1) is 12.4 Å². The number of rotatable bonds is 9. The van der Waals surface area contributed by atoms with E-state index in [0.717, 1.165) is 17.9 Å². The molecule has 1 unspecified atom stereocenters. The number of halogens is 2. The molecule has 0 saturated carbocycles. The molecule has 1 heterocycles. The first kappa shape index (κ1) is 26.2. The van der Waals surface area contributed by atoms with Crippen molar-refractivity contribution < 1.29 is 18.8 Å². The molecule has 164 valence electrons. The summed E-state index contributed by atoms with van der Waals surface area (Å²) in [4.78, 5) is 12.5. The van der Waals surface area contributed by atoms with Gasteiger partial charge in [0.2, 0.25) is 5.91 Å². The number of amides is 1. The molecule has 2 rings (SSSR count). The van der Waals surface area contributed by atoms with Crippen molar-refractivity contribution in [2.75, 3.05) is 13.7 Å². The molecule has 0 spiro atoms. The molecule has 9 heteroatoms. The van der Waals surface area contributed by atoms with E-state index in [-0.39, 0.29) is 30.9 Å². The summed E-state index contributed by atoms with van der Waals surface area (Å²) in [6.07, 6.45) is 2.42. The van der Waals surface area contributed by atoms with Crippen LogP contribution in [0.5, 0.6) is 0 Å².